The minimum Gasteiger partial charge on any atom is -0.493 e. The number of esters is 1. The van der Waals surface area contributed by atoms with Crippen molar-refractivity contribution in [3.63, 3.8) is 0 Å². The average Bonchev–Trinajstić information content (AvgIpc) is 2.69. The fourth-order valence-electron chi connectivity index (χ4n) is 2.89. The third-order valence-electron chi connectivity index (χ3n) is 3.87. The highest BCUT2D eigenvalue weighted by Crippen LogP contribution is 2.33. The quantitative estimate of drug-likeness (QED) is 0.738. The van der Waals surface area contributed by atoms with E-state index in [0.29, 0.717) is 12.2 Å². The van der Waals surface area contributed by atoms with Crippen molar-refractivity contribution >= 4 is 11.5 Å². The van der Waals surface area contributed by atoms with E-state index in [4.69, 9.17) is 9.47 Å². The van der Waals surface area contributed by atoms with Crippen LogP contribution in [0.15, 0.2) is 60.4 Å². The Morgan fingerprint density at radius 1 is 1.00 bits per heavy atom. The second-order valence-electron chi connectivity index (χ2n) is 5.78. The molecule has 114 valence electrons. The molecule has 1 aromatic carbocycles. The molecule has 1 heterocycles. The van der Waals surface area contributed by atoms with Crippen LogP contribution in [0, 0.1) is 5.92 Å². The molecule has 0 radical (unpaired) electrons. The Morgan fingerprint density at radius 2 is 1.73 bits per heavy atom. The Balaban J connectivity index is 2.10. The number of cyclic esters (lactones) is 1. The number of rotatable bonds is 1. The van der Waals surface area contributed by atoms with E-state index in [9.17, 15) is 4.79 Å². The Hall–Kier alpha value is -2.29. The molecular weight excluding hydrogens is 276 g/mol. The first kappa shape index (κ1) is 14.6. The summed E-state index contributed by atoms with van der Waals surface area (Å²) in [5.74, 6) is -0.0567. The predicted molar refractivity (Wildman–Crippen MR) is 85.9 cm³/mol. The van der Waals surface area contributed by atoms with E-state index in [1.807, 2.05) is 68.5 Å². The van der Waals surface area contributed by atoms with Gasteiger partial charge in [0, 0.05) is 12.0 Å². The summed E-state index contributed by atoms with van der Waals surface area (Å²) in [6.45, 7) is 3.92. The number of allylic oxidation sites excluding steroid dienone is 4. The molecule has 22 heavy (non-hydrogen) atoms. The lowest BCUT2D eigenvalue weighted by Crippen LogP contribution is -2.31. The topological polar surface area (TPSA) is 35.5 Å². The van der Waals surface area contributed by atoms with Crippen molar-refractivity contribution < 1.29 is 14.3 Å². The number of carbonyl (C=O) groups excluding carboxylic acids is 1. The molecule has 3 atom stereocenters. The van der Waals surface area contributed by atoms with E-state index >= 15 is 0 Å². The lowest BCUT2D eigenvalue weighted by molar-refractivity contribution is -0.155. The molecule has 3 nitrogen and oxygen atoms in total. The monoisotopic (exact) mass is 296 g/mol. The van der Waals surface area contributed by atoms with Gasteiger partial charge in [-0.1, -0.05) is 54.6 Å². The number of fused-ring (bicyclic) bond motifs is 1. The SMILES string of the molecule is C[C@H]1C[C@H](C)OC2=C(c3ccccc3)C=CC=C[C@H]2C(=O)O1. The molecule has 0 N–H and O–H groups in total. The van der Waals surface area contributed by atoms with Crippen molar-refractivity contribution in [3.05, 3.63) is 66.0 Å². The first-order valence-electron chi connectivity index (χ1n) is 7.67. The third-order valence-corrected chi connectivity index (χ3v) is 3.87. The van der Waals surface area contributed by atoms with Gasteiger partial charge in [0.1, 0.15) is 17.8 Å². The van der Waals surface area contributed by atoms with Gasteiger partial charge in [-0.2, -0.15) is 0 Å². The van der Waals surface area contributed by atoms with Gasteiger partial charge in [0.2, 0.25) is 0 Å². The van der Waals surface area contributed by atoms with E-state index in [0.717, 1.165) is 11.1 Å². The number of benzene rings is 1. The molecule has 0 unspecified atom stereocenters. The summed E-state index contributed by atoms with van der Waals surface area (Å²) in [7, 11) is 0. The predicted octanol–water partition coefficient (Wildman–Crippen LogP) is 3.88. The maximum absolute atomic E-state index is 12.4. The largest absolute Gasteiger partial charge is 0.493 e. The van der Waals surface area contributed by atoms with Gasteiger partial charge in [-0.3, -0.25) is 4.79 Å². The van der Waals surface area contributed by atoms with Gasteiger partial charge in [-0.05, 0) is 19.4 Å². The van der Waals surface area contributed by atoms with Crippen molar-refractivity contribution in [2.75, 3.05) is 0 Å². The van der Waals surface area contributed by atoms with Crippen LogP contribution in [0.4, 0.5) is 0 Å². The minimum absolute atomic E-state index is 0.000729. The molecule has 0 bridgehead atoms. The molecule has 1 fully saturated rings. The van der Waals surface area contributed by atoms with Crippen molar-refractivity contribution in [1.29, 1.82) is 0 Å². The zero-order valence-electron chi connectivity index (χ0n) is 12.9. The normalized spacial score (nSPS) is 28.1. The van der Waals surface area contributed by atoms with E-state index in [-0.39, 0.29) is 18.2 Å². The Kier molecular flexibility index (Phi) is 4.14. The standard InChI is InChI=1S/C19H20O3/c1-13-12-14(2)22-19(20)17-11-7-6-10-16(18(17)21-13)15-8-4-3-5-9-15/h3-11,13-14,17H,12H2,1-2H3/t13-,14-,17+/m0/s1. The fourth-order valence-corrected chi connectivity index (χ4v) is 2.89. The maximum Gasteiger partial charge on any atom is 0.320 e. The van der Waals surface area contributed by atoms with Gasteiger partial charge < -0.3 is 9.47 Å². The number of hydrogen-bond acceptors (Lipinski definition) is 3. The average molecular weight is 296 g/mol. The van der Waals surface area contributed by atoms with Crippen LogP contribution in [0.25, 0.3) is 5.57 Å². The molecular formula is C19H20O3. The molecule has 0 amide bonds. The van der Waals surface area contributed by atoms with Crippen LogP contribution in [-0.4, -0.2) is 18.2 Å². The third kappa shape index (κ3) is 2.98. The molecule has 1 aromatic rings. The summed E-state index contributed by atoms with van der Waals surface area (Å²) >= 11 is 0. The van der Waals surface area contributed by atoms with Gasteiger partial charge in [-0.25, -0.2) is 0 Å². The summed E-state index contributed by atoms with van der Waals surface area (Å²) in [4.78, 5) is 12.4. The van der Waals surface area contributed by atoms with Crippen LogP contribution in [0.2, 0.25) is 0 Å². The molecule has 1 aliphatic carbocycles. The molecule has 0 aromatic heterocycles. The number of carbonyl (C=O) groups is 1. The fraction of sp³-hybridized carbons (Fsp3) is 0.316. The highest BCUT2D eigenvalue weighted by Gasteiger charge is 2.32. The van der Waals surface area contributed by atoms with Crippen LogP contribution in [0.5, 0.6) is 0 Å². The summed E-state index contributed by atoms with van der Waals surface area (Å²) in [5, 5.41) is 0. The molecule has 1 aliphatic heterocycles. The van der Waals surface area contributed by atoms with Crippen LogP contribution in [0.3, 0.4) is 0 Å². The summed E-state index contributed by atoms with van der Waals surface area (Å²) in [5.41, 5.74) is 1.98. The van der Waals surface area contributed by atoms with Gasteiger partial charge >= 0.3 is 5.97 Å². The maximum atomic E-state index is 12.4. The van der Waals surface area contributed by atoms with E-state index in [2.05, 4.69) is 0 Å². The number of hydrogen-bond donors (Lipinski definition) is 0. The Morgan fingerprint density at radius 3 is 2.50 bits per heavy atom. The lowest BCUT2D eigenvalue weighted by atomic mass is 9.97. The van der Waals surface area contributed by atoms with E-state index in [1.165, 1.54) is 0 Å². The smallest absolute Gasteiger partial charge is 0.320 e. The highest BCUT2D eigenvalue weighted by atomic mass is 16.6. The molecule has 3 heteroatoms. The Bertz CT molecular complexity index is 640. The zero-order valence-corrected chi connectivity index (χ0v) is 12.9. The molecule has 0 saturated carbocycles. The number of ether oxygens (including phenoxy) is 2. The van der Waals surface area contributed by atoms with Crippen LogP contribution in [-0.2, 0) is 14.3 Å². The second-order valence-corrected chi connectivity index (χ2v) is 5.78. The van der Waals surface area contributed by atoms with Gasteiger partial charge in [0.05, 0.1) is 6.10 Å². The summed E-state index contributed by atoms with van der Waals surface area (Å²) in [6, 6.07) is 9.99. The first-order chi connectivity index (χ1) is 10.6. The zero-order chi connectivity index (χ0) is 15.5. The van der Waals surface area contributed by atoms with Gasteiger partial charge in [0.25, 0.3) is 0 Å². The van der Waals surface area contributed by atoms with E-state index < -0.39 is 5.92 Å². The molecule has 1 saturated heterocycles. The van der Waals surface area contributed by atoms with Crippen LogP contribution in [0.1, 0.15) is 25.8 Å². The van der Waals surface area contributed by atoms with Gasteiger partial charge in [-0.15, -0.1) is 0 Å². The minimum atomic E-state index is -0.490. The lowest BCUT2D eigenvalue weighted by Gasteiger charge is -2.29. The second kappa shape index (κ2) is 6.22. The summed E-state index contributed by atoms with van der Waals surface area (Å²) < 4.78 is 11.7. The van der Waals surface area contributed by atoms with Crippen molar-refractivity contribution in [2.24, 2.45) is 5.92 Å². The van der Waals surface area contributed by atoms with E-state index in [1.54, 1.807) is 0 Å². The molecule has 2 aliphatic rings. The van der Waals surface area contributed by atoms with Crippen molar-refractivity contribution in [3.8, 4) is 0 Å². The molecule has 3 rings (SSSR count). The highest BCUT2D eigenvalue weighted by molar-refractivity contribution is 5.86. The van der Waals surface area contributed by atoms with Crippen LogP contribution < -0.4 is 0 Å². The molecule has 0 spiro atoms. The van der Waals surface area contributed by atoms with Gasteiger partial charge in [0.15, 0.2) is 0 Å². The summed E-state index contributed by atoms with van der Waals surface area (Å²) in [6.07, 6.45) is 8.21. The van der Waals surface area contributed by atoms with Crippen LogP contribution >= 0.6 is 0 Å². The Labute approximate surface area is 130 Å². The first-order valence-corrected chi connectivity index (χ1v) is 7.67. The van der Waals surface area contributed by atoms with Crippen molar-refractivity contribution in [1.82, 2.24) is 0 Å². The van der Waals surface area contributed by atoms with Crippen molar-refractivity contribution in [2.45, 2.75) is 32.5 Å².